The largest absolute Gasteiger partial charge is 0.478 e. The first-order chi connectivity index (χ1) is 9.15. The van der Waals surface area contributed by atoms with Crippen molar-refractivity contribution in [1.82, 2.24) is 14.6 Å². The van der Waals surface area contributed by atoms with Gasteiger partial charge in [-0.15, -0.1) is 0 Å². The third kappa shape index (κ3) is 1.95. The quantitative estimate of drug-likeness (QED) is 0.761. The first-order valence-electron chi connectivity index (χ1n) is 5.79. The number of pyridine rings is 1. The van der Waals surface area contributed by atoms with Gasteiger partial charge in [-0.2, -0.15) is 5.10 Å². The molecule has 94 valence electrons. The first-order valence-corrected chi connectivity index (χ1v) is 5.79. The predicted molar refractivity (Wildman–Crippen MR) is 70.1 cm³/mol. The van der Waals surface area contributed by atoms with Gasteiger partial charge in [-0.25, -0.2) is 14.3 Å². The van der Waals surface area contributed by atoms with Crippen LogP contribution in [-0.4, -0.2) is 25.7 Å². The van der Waals surface area contributed by atoms with Gasteiger partial charge in [-0.05, 0) is 18.6 Å². The molecule has 0 amide bonds. The van der Waals surface area contributed by atoms with Crippen LogP contribution in [0.5, 0.6) is 0 Å². The van der Waals surface area contributed by atoms with E-state index in [1.165, 1.54) is 10.8 Å². The number of carboxylic acids is 1. The number of fused-ring (bicyclic) bond motifs is 1. The highest BCUT2D eigenvalue weighted by molar-refractivity contribution is 5.95. The van der Waals surface area contributed by atoms with Crippen LogP contribution in [0.4, 0.5) is 0 Å². The van der Waals surface area contributed by atoms with Crippen LogP contribution in [0.25, 0.3) is 16.8 Å². The number of aromatic nitrogens is 3. The summed E-state index contributed by atoms with van der Waals surface area (Å²) in [6, 6.07) is 9.51. The van der Waals surface area contributed by atoms with E-state index in [0.717, 1.165) is 16.7 Å². The molecule has 0 fully saturated rings. The molecule has 0 aliphatic rings. The number of aryl methyl sites for hydroxylation is 1. The average molecular weight is 253 g/mol. The van der Waals surface area contributed by atoms with Crippen LogP contribution in [-0.2, 0) is 0 Å². The van der Waals surface area contributed by atoms with Gasteiger partial charge in [0.1, 0.15) is 11.9 Å². The third-order valence-electron chi connectivity index (χ3n) is 2.96. The summed E-state index contributed by atoms with van der Waals surface area (Å²) in [6.45, 7) is 2.00. The van der Waals surface area contributed by atoms with Gasteiger partial charge >= 0.3 is 5.97 Å². The zero-order valence-electron chi connectivity index (χ0n) is 10.2. The summed E-state index contributed by atoms with van der Waals surface area (Å²) in [5.41, 5.74) is 3.38. The van der Waals surface area contributed by atoms with Gasteiger partial charge in [0.25, 0.3) is 0 Å². The van der Waals surface area contributed by atoms with E-state index in [9.17, 15) is 9.90 Å². The van der Waals surface area contributed by atoms with Crippen LogP contribution in [0, 0.1) is 6.92 Å². The number of carboxylic acid groups (broad SMARTS) is 1. The smallest absolute Gasteiger partial charge is 0.339 e. The molecule has 0 atom stereocenters. The number of carbonyl (C=O) groups is 1. The van der Waals surface area contributed by atoms with Gasteiger partial charge in [0, 0.05) is 11.8 Å². The maximum absolute atomic E-state index is 11.3. The summed E-state index contributed by atoms with van der Waals surface area (Å²) in [5.74, 6) is -1.01. The maximum atomic E-state index is 11.3. The Kier molecular flexibility index (Phi) is 2.52. The van der Waals surface area contributed by atoms with E-state index in [1.54, 1.807) is 12.3 Å². The fraction of sp³-hybridized carbons (Fsp3) is 0.0714. The Morgan fingerprint density at radius 2 is 2.11 bits per heavy atom. The molecule has 2 aromatic heterocycles. The van der Waals surface area contributed by atoms with Crippen molar-refractivity contribution in [3.8, 4) is 11.1 Å². The molecule has 0 saturated heterocycles. The normalized spacial score (nSPS) is 10.8. The van der Waals surface area contributed by atoms with Crippen molar-refractivity contribution in [2.45, 2.75) is 6.92 Å². The maximum Gasteiger partial charge on any atom is 0.339 e. The Morgan fingerprint density at radius 1 is 1.26 bits per heavy atom. The zero-order chi connectivity index (χ0) is 13.4. The Labute approximate surface area is 109 Å². The van der Waals surface area contributed by atoms with Crippen LogP contribution in [0.15, 0.2) is 42.9 Å². The van der Waals surface area contributed by atoms with E-state index in [0.29, 0.717) is 5.65 Å². The van der Waals surface area contributed by atoms with Crippen molar-refractivity contribution >= 4 is 11.6 Å². The van der Waals surface area contributed by atoms with E-state index in [2.05, 4.69) is 10.1 Å². The van der Waals surface area contributed by atoms with Crippen molar-refractivity contribution in [1.29, 1.82) is 0 Å². The van der Waals surface area contributed by atoms with Gasteiger partial charge in [0.2, 0.25) is 0 Å². The van der Waals surface area contributed by atoms with Crippen molar-refractivity contribution < 1.29 is 9.90 Å². The molecule has 1 aromatic carbocycles. The second kappa shape index (κ2) is 4.20. The van der Waals surface area contributed by atoms with Crippen LogP contribution in [0.1, 0.15) is 15.9 Å². The van der Waals surface area contributed by atoms with Gasteiger partial charge in [-0.1, -0.05) is 29.8 Å². The minimum Gasteiger partial charge on any atom is -0.478 e. The minimum absolute atomic E-state index is 0.150. The van der Waals surface area contributed by atoms with E-state index in [-0.39, 0.29) is 5.56 Å². The van der Waals surface area contributed by atoms with Crippen molar-refractivity contribution in [3.63, 3.8) is 0 Å². The summed E-state index contributed by atoms with van der Waals surface area (Å²) in [6.07, 6.45) is 3.13. The van der Waals surface area contributed by atoms with Gasteiger partial charge in [0.05, 0.1) is 0 Å². The van der Waals surface area contributed by atoms with Crippen LogP contribution in [0.2, 0.25) is 0 Å². The highest BCUT2D eigenvalue weighted by atomic mass is 16.4. The lowest BCUT2D eigenvalue weighted by molar-refractivity contribution is 0.0698. The lowest BCUT2D eigenvalue weighted by Gasteiger charge is -2.06. The van der Waals surface area contributed by atoms with Crippen molar-refractivity contribution in [3.05, 3.63) is 54.0 Å². The molecule has 0 unspecified atom stereocenters. The summed E-state index contributed by atoms with van der Waals surface area (Å²) >= 11 is 0. The summed E-state index contributed by atoms with van der Waals surface area (Å²) in [7, 11) is 0. The molecule has 0 aliphatic carbocycles. The lowest BCUT2D eigenvalue weighted by atomic mass is 10.0. The number of nitrogens with zero attached hydrogens (tertiary/aromatic N) is 3. The fourth-order valence-electron chi connectivity index (χ4n) is 2.07. The Balaban J connectivity index is 2.27. The van der Waals surface area contributed by atoms with E-state index < -0.39 is 5.97 Å². The molecule has 0 spiro atoms. The molecule has 5 heteroatoms. The summed E-state index contributed by atoms with van der Waals surface area (Å²) < 4.78 is 1.49. The van der Waals surface area contributed by atoms with Crippen LogP contribution in [0.3, 0.4) is 0 Å². The molecule has 3 aromatic rings. The fourth-order valence-corrected chi connectivity index (χ4v) is 2.07. The second-order valence-corrected chi connectivity index (χ2v) is 4.35. The highest BCUT2D eigenvalue weighted by Gasteiger charge is 2.13. The molecule has 0 radical (unpaired) electrons. The SMILES string of the molecule is Cc1cccc(-c2cc(C(=O)O)c3ncnn3c2)c1. The first kappa shape index (κ1) is 11.4. The number of hydrogen-bond donors (Lipinski definition) is 1. The van der Waals surface area contributed by atoms with E-state index in [4.69, 9.17) is 0 Å². The second-order valence-electron chi connectivity index (χ2n) is 4.35. The standard InChI is InChI=1S/C14H11N3O2/c1-9-3-2-4-10(5-9)11-6-12(14(18)19)13-15-8-16-17(13)7-11/h2-8H,1H3,(H,18,19). The molecule has 5 nitrogen and oxygen atoms in total. The number of rotatable bonds is 2. The molecular weight excluding hydrogens is 242 g/mol. The highest BCUT2D eigenvalue weighted by Crippen LogP contribution is 2.23. The number of aromatic carboxylic acids is 1. The summed E-state index contributed by atoms with van der Waals surface area (Å²) in [5, 5.41) is 13.3. The molecule has 1 N–H and O–H groups in total. The van der Waals surface area contributed by atoms with Crippen LogP contribution >= 0.6 is 0 Å². The molecule has 0 saturated carbocycles. The van der Waals surface area contributed by atoms with Crippen LogP contribution < -0.4 is 0 Å². The van der Waals surface area contributed by atoms with Gasteiger partial charge < -0.3 is 5.11 Å². The van der Waals surface area contributed by atoms with E-state index in [1.807, 2.05) is 31.2 Å². The predicted octanol–water partition coefficient (Wildman–Crippen LogP) is 2.40. The molecular formula is C14H11N3O2. The van der Waals surface area contributed by atoms with E-state index >= 15 is 0 Å². The van der Waals surface area contributed by atoms with Gasteiger partial charge in [-0.3, -0.25) is 0 Å². The Bertz CT molecular complexity index is 777. The van der Waals surface area contributed by atoms with Crippen molar-refractivity contribution in [2.75, 3.05) is 0 Å². The topological polar surface area (TPSA) is 67.5 Å². The zero-order valence-corrected chi connectivity index (χ0v) is 10.2. The molecule has 2 heterocycles. The molecule has 19 heavy (non-hydrogen) atoms. The third-order valence-corrected chi connectivity index (χ3v) is 2.96. The summed E-state index contributed by atoms with van der Waals surface area (Å²) in [4.78, 5) is 15.2. The Morgan fingerprint density at radius 3 is 2.84 bits per heavy atom. The monoisotopic (exact) mass is 253 g/mol. The van der Waals surface area contributed by atoms with Crippen molar-refractivity contribution in [2.24, 2.45) is 0 Å². The Hall–Kier alpha value is -2.69. The molecule has 0 bridgehead atoms. The lowest BCUT2D eigenvalue weighted by Crippen LogP contribution is -2.02. The number of hydrogen-bond acceptors (Lipinski definition) is 3. The minimum atomic E-state index is -1.01. The number of benzene rings is 1. The van der Waals surface area contributed by atoms with Gasteiger partial charge in [0.15, 0.2) is 5.65 Å². The molecule has 3 rings (SSSR count). The molecule has 0 aliphatic heterocycles. The average Bonchev–Trinajstić information content (AvgIpc) is 2.85.